The minimum absolute atomic E-state index is 0.0712. The average Bonchev–Trinajstić information content (AvgIpc) is 2.11. The zero-order valence-corrected chi connectivity index (χ0v) is 10.4. The number of nitrogens with two attached hydrogens (primary N) is 2. The standard InChI is InChI=1S/C10H14F3N5O/c1-9(2,4-6(14)19)18-7-3-5(10(11,12)13)16-8(15)17-7/h3H,4H2,1-2H3,(H2,14,19)(H3,15,16,17,18). The molecule has 1 heterocycles. The predicted octanol–water partition coefficient (Wildman–Crippen LogP) is 1.14. The summed E-state index contributed by atoms with van der Waals surface area (Å²) in [4.78, 5) is 17.6. The summed E-state index contributed by atoms with van der Waals surface area (Å²) in [6, 6.07) is 0.721. The van der Waals surface area contributed by atoms with E-state index in [9.17, 15) is 18.0 Å². The van der Waals surface area contributed by atoms with Gasteiger partial charge in [0.05, 0.1) is 0 Å². The number of anilines is 2. The molecule has 0 bridgehead atoms. The lowest BCUT2D eigenvalue weighted by Crippen LogP contribution is -2.36. The average molecular weight is 277 g/mol. The van der Waals surface area contributed by atoms with Crippen LogP contribution >= 0.6 is 0 Å². The lowest BCUT2D eigenvalue weighted by Gasteiger charge is -2.25. The van der Waals surface area contributed by atoms with Crippen LogP contribution in [0.15, 0.2) is 6.07 Å². The van der Waals surface area contributed by atoms with E-state index in [0.717, 1.165) is 6.07 Å². The summed E-state index contributed by atoms with van der Waals surface area (Å²) < 4.78 is 37.6. The molecule has 1 amide bonds. The van der Waals surface area contributed by atoms with Crippen LogP contribution < -0.4 is 16.8 Å². The van der Waals surface area contributed by atoms with E-state index in [1.165, 1.54) is 0 Å². The highest BCUT2D eigenvalue weighted by Crippen LogP contribution is 2.30. The Morgan fingerprint density at radius 3 is 2.42 bits per heavy atom. The third-order valence-electron chi connectivity index (χ3n) is 2.12. The van der Waals surface area contributed by atoms with Crippen molar-refractivity contribution in [3.05, 3.63) is 11.8 Å². The smallest absolute Gasteiger partial charge is 0.370 e. The van der Waals surface area contributed by atoms with Crippen LogP contribution in [0.4, 0.5) is 24.9 Å². The van der Waals surface area contributed by atoms with E-state index in [1.807, 2.05) is 0 Å². The van der Waals surface area contributed by atoms with E-state index < -0.39 is 29.3 Å². The molecule has 0 aliphatic heterocycles. The van der Waals surface area contributed by atoms with E-state index in [0.29, 0.717) is 0 Å². The van der Waals surface area contributed by atoms with Gasteiger partial charge in [0, 0.05) is 18.0 Å². The second kappa shape index (κ2) is 4.90. The molecule has 1 aromatic rings. The number of carbonyl (C=O) groups is 1. The van der Waals surface area contributed by atoms with Crippen molar-refractivity contribution in [2.45, 2.75) is 32.0 Å². The normalized spacial score (nSPS) is 12.3. The summed E-state index contributed by atoms with van der Waals surface area (Å²) >= 11 is 0. The number of amides is 1. The van der Waals surface area contributed by atoms with E-state index >= 15 is 0 Å². The van der Waals surface area contributed by atoms with Gasteiger partial charge in [-0.2, -0.15) is 18.2 Å². The lowest BCUT2D eigenvalue weighted by molar-refractivity contribution is -0.141. The van der Waals surface area contributed by atoms with Gasteiger partial charge < -0.3 is 16.8 Å². The number of rotatable bonds is 4. The first-order valence-electron chi connectivity index (χ1n) is 5.28. The SMILES string of the molecule is CC(C)(CC(N)=O)Nc1cc(C(F)(F)F)nc(N)n1. The van der Waals surface area contributed by atoms with E-state index in [-0.39, 0.29) is 12.2 Å². The van der Waals surface area contributed by atoms with Gasteiger partial charge in [-0.25, -0.2) is 4.98 Å². The highest BCUT2D eigenvalue weighted by Gasteiger charge is 2.34. The number of nitrogen functional groups attached to an aromatic ring is 1. The Labute approximate surface area is 107 Å². The van der Waals surface area contributed by atoms with Gasteiger partial charge in [-0.1, -0.05) is 0 Å². The monoisotopic (exact) mass is 277 g/mol. The Morgan fingerprint density at radius 2 is 1.95 bits per heavy atom. The van der Waals surface area contributed by atoms with Gasteiger partial charge in [0.15, 0.2) is 5.69 Å². The second-order valence-electron chi connectivity index (χ2n) is 4.65. The zero-order valence-electron chi connectivity index (χ0n) is 10.4. The van der Waals surface area contributed by atoms with E-state index in [1.54, 1.807) is 13.8 Å². The highest BCUT2D eigenvalue weighted by molar-refractivity contribution is 5.75. The van der Waals surface area contributed by atoms with Crippen molar-refractivity contribution in [2.75, 3.05) is 11.1 Å². The molecule has 0 aliphatic carbocycles. The van der Waals surface area contributed by atoms with Crippen molar-refractivity contribution in [2.24, 2.45) is 5.73 Å². The van der Waals surface area contributed by atoms with Crippen molar-refractivity contribution >= 4 is 17.7 Å². The summed E-state index contributed by atoms with van der Waals surface area (Å²) in [5, 5.41) is 2.67. The highest BCUT2D eigenvalue weighted by atomic mass is 19.4. The van der Waals surface area contributed by atoms with Crippen LogP contribution in [0.1, 0.15) is 26.0 Å². The number of hydrogen-bond acceptors (Lipinski definition) is 5. The molecule has 1 rings (SSSR count). The summed E-state index contributed by atoms with van der Waals surface area (Å²) in [5.41, 5.74) is 8.26. The number of carbonyl (C=O) groups excluding carboxylic acids is 1. The number of nitrogens with zero attached hydrogens (tertiary/aromatic N) is 2. The molecule has 9 heteroatoms. The van der Waals surface area contributed by atoms with Gasteiger partial charge in [0.1, 0.15) is 5.82 Å². The van der Waals surface area contributed by atoms with Gasteiger partial charge >= 0.3 is 6.18 Å². The topological polar surface area (TPSA) is 107 Å². The fraction of sp³-hybridized carbons (Fsp3) is 0.500. The molecular formula is C10H14F3N5O. The Hall–Kier alpha value is -2.06. The minimum Gasteiger partial charge on any atom is -0.370 e. The number of alkyl halides is 3. The van der Waals surface area contributed by atoms with Crippen LogP contribution in [0.5, 0.6) is 0 Å². The number of halogens is 3. The maximum Gasteiger partial charge on any atom is 0.433 e. The molecule has 1 aromatic heterocycles. The largest absolute Gasteiger partial charge is 0.433 e. The first kappa shape index (κ1) is 15.0. The third-order valence-corrected chi connectivity index (χ3v) is 2.12. The van der Waals surface area contributed by atoms with Gasteiger partial charge in [0.25, 0.3) is 0 Å². The van der Waals surface area contributed by atoms with Crippen molar-refractivity contribution in [3.63, 3.8) is 0 Å². The zero-order chi connectivity index (χ0) is 14.8. The fourth-order valence-electron chi connectivity index (χ4n) is 1.50. The van der Waals surface area contributed by atoms with Crippen molar-refractivity contribution in [1.82, 2.24) is 9.97 Å². The third kappa shape index (κ3) is 4.60. The second-order valence-corrected chi connectivity index (χ2v) is 4.65. The Kier molecular flexibility index (Phi) is 3.87. The molecule has 106 valence electrons. The Bertz CT molecular complexity index is 487. The molecule has 0 unspecified atom stereocenters. The van der Waals surface area contributed by atoms with Crippen molar-refractivity contribution in [1.29, 1.82) is 0 Å². The van der Waals surface area contributed by atoms with Crippen LogP contribution in [0.3, 0.4) is 0 Å². The maximum absolute atomic E-state index is 12.5. The summed E-state index contributed by atoms with van der Waals surface area (Å²) in [5.74, 6) is -1.21. The molecule has 0 saturated carbocycles. The molecule has 0 radical (unpaired) electrons. The first-order valence-corrected chi connectivity index (χ1v) is 5.28. The van der Waals surface area contributed by atoms with E-state index in [2.05, 4.69) is 15.3 Å². The minimum atomic E-state index is -4.62. The van der Waals surface area contributed by atoms with Gasteiger partial charge in [-0.15, -0.1) is 0 Å². The molecule has 0 saturated heterocycles. The predicted molar refractivity (Wildman–Crippen MR) is 63.0 cm³/mol. The summed E-state index contributed by atoms with van der Waals surface area (Å²) in [7, 11) is 0. The quantitative estimate of drug-likeness (QED) is 0.765. The molecule has 0 fully saturated rings. The van der Waals surface area contributed by atoms with Crippen molar-refractivity contribution in [3.8, 4) is 0 Å². The van der Waals surface area contributed by atoms with Crippen LogP contribution in [-0.2, 0) is 11.0 Å². The van der Waals surface area contributed by atoms with Crippen LogP contribution in [-0.4, -0.2) is 21.4 Å². The fourth-order valence-corrected chi connectivity index (χ4v) is 1.50. The Balaban J connectivity index is 3.02. The lowest BCUT2D eigenvalue weighted by atomic mass is 10.0. The van der Waals surface area contributed by atoms with Crippen LogP contribution in [0.2, 0.25) is 0 Å². The van der Waals surface area contributed by atoms with Gasteiger partial charge in [-0.05, 0) is 13.8 Å². The molecule has 19 heavy (non-hydrogen) atoms. The molecule has 6 nitrogen and oxygen atoms in total. The molecule has 0 atom stereocenters. The first-order chi connectivity index (χ1) is 8.49. The maximum atomic E-state index is 12.5. The number of hydrogen-bond donors (Lipinski definition) is 3. The number of aromatic nitrogens is 2. The summed E-state index contributed by atoms with van der Waals surface area (Å²) in [6.45, 7) is 3.20. The van der Waals surface area contributed by atoms with E-state index in [4.69, 9.17) is 11.5 Å². The van der Waals surface area contributed by atoms with Crippen molar-refractivity contribution < 1.29 is 18.0 Å². The van der Waals surface area contributed by atoms with Crippen LogP contribution in [0, 0.1) is 0 Å². The Morgan fingerprint density at radius 1 is 1.37 bits per heavy atom. The molecule has 0 aromatic carbocycles. The molecular weight excluding hydrogens is 263 g/mol. The molecule has 5 N–H and O–H groups in total. The van der Waals surface area contributed by atoms with Crippen LogP contribution in [0.25, 0.3) is 0 Å². The van der Waals surface area contributed by atoms with Gasteiger partial charge in [0.2, 0.25) is 11.9 Å². The van der Waals surface area contributed by atoms with Gasteiger partial charge in [-0.3, -0.25) is 4.79 Å². The number of nitrogens with one attached hydrogen (secondary N) is 1. The number of primary amides is 1. The summed E-state index contributed by atoms with van der Waals surface area (Å²) in [6.07, 6.45) is -4.69. The molecule has 0 aliphatic rings. The molecule has 0 spiro atoms.